The Balaban J connectivity index is 1.46. The molecule has 3 heterocycles. The number of piperazine rings is 1. The summed E-state index contributed by atoms with van der Waals surface area (Å²) < 4.78 is 10.8. The number of aromatic nitrogens is 3. The van der Waals surface area contributed by atoms with Crippen LogP contribution in [0.15, 0.2) is 55.1 Å². The largest absolute Gasteiger partial charge is 0.493 e. The van der Waals surface area contributed by atoms with Gasteiger partial charge in [-0.2, -0.15) is 0 Å². The normalized spacial score (nSPS) is 14.1. The molecule has 1 aliphatic heterocycles. The van der Waals surface area contributed by atoms with Gasteiger partial charge in [0.15, 0.2) is 11.5 Å². The topological polar surface area (TPSA) is 63.6 Å². The number of anilines is 2. The van der Waals surface area contributed by atoms with Crippen molar-refractivity contribution in [3.05, 3.63) is 55.1 Å². The van der Waals surface area contributed by atoms with Gasteiger partial charge in [0.25, 0.3) is 0 Å². The molecule has 1 saturated heterocycles. The molecule has 0 spiro atoms. The second kappa shape index (κ2) is 8.12. The number of nitrogens with zero attached hydrogens (tertiary/aromatic N) is 5. The van der Waals surface area contributed by atoms with E-state index in [4.69, 9.17) is 14.5 Å². The van der Waals surface area contributed by atoms with Gasteiger partial charge in [0.2, 0.25) is 0 Å². The summed E-state index contributed by atoms with van der Waals surface area (Å²) in [6, 6.07) is 9.95. The minimum atomic E-state index is 0.743. The van der Waals surface area contributed by atoms with Crippen molar-refractivity contribution in [2.24, 2.45) is 0 Å². The Labute approximate surface area is 164 Å². The fraction of sp³-hybridized carbons (Fsp3) is 0.286. The predicted octanol–water partition coefficient (Wildman–Crippen LogP) is 2.88. The molecule has 1 aliphatic rings. The number of hydrogen-bond acceptors (Lipinski definition) is 7. The highest BCUT2D eigenvalue weighted by atomic mass is 16.5. The number of methoxy groups -OCH3 is 2. The van der Waals surface area contributed by atoms with Crippen molar-refractivity contribution < 1.29 is 9.47 Å². The second-order valence-electron chi connectivity index (χ2n) is 6.52. The first kappa shape index (κ1) is 18.0. The van der Waals surface area contributed by atoms with Crippen molar-refractivity contribution in [1.29, 1.82) is 0 Å². The van der Waals surface area contributed by atoms with Gasteiger partial charge in [0.05, 0.1) is 32.3 Å². The van der Waals surface area contributed by atoms with Gasteiger partial charge in [-0.1, -0.05) is 0 Å². The van der Waals surface area contributed by atoms with Crippen molar-refractivity contribution in [2.45, 2.75) is 0 Å². The van der Waals surface area contributed by atoms with Crippen LogP contribution in [-0.4, -0.2) is 55.4 Å². The van der Waals surface area contributed by atoms with Crippen LogP contribution in [0.4, 0.5) is 11.5 Å². The average Bonchev–Trinajstić information content (AvgIpc) is 2.79. The Hall–Kier alpha value is -3.35. The van der Waals surface area contributed by atoms with Crippen LogP contribution in [0.3, 0.4) is 0 Å². The van der Waals surface area contributed by atoms with Crippen molar-refractivity contribution in [3.63, 3.8) is 0 Å². The molecule has 0 aliphatic carbocycles. The lowest BCUT2D eigenvalue weighted by Crippen LogP contribution is -2.46. The smallest absolute Gasteiger partial charge is 0.162 e. The number of rotatable bonds is 5. The molecule has 7 heteroatoms. The molecule has 0 saturated carbocycles. The molecule has 2 aromatic heterocycles. The third kappa shape index (κ3) is 3.69. The second-order valence-corrected chi connectivity index (χ2v) is 6.52. The van der Waals surface area contributed by atoms with Crippen LogP contribution < -0.4 is 19.3 Å². The number of ether oxygens (including phenoxy) is 2. The zero-order valence-electron chi connectivity index (χ0n) is 16.1. The zero-order valence-corrected chi connectivity index (χ0v) is 16.1. The van der Waals surface area contributed by atoms with Gasteiger partial charge >= 0.3 is 0 Å². The minimum Gasteiger partial charge on any atom is -0.493 e. The molecule has 144 valence electrons. The minimum absolute atomic E-state index is 0.743. The summed E-state index contributed by atoms with van der Waals surface area (Å²) in [6.45, 7) is 3.54. The van der Waals surface area contributed by atoms with Gasteiger partial charge in [-0.15, -0.1) is 0 Å². The van der Waals surface area contributed by atoms with Crippen LogP contribution in [0, 0.1) is 0 Å². The lowest BCUT2D eigenvalue weighted by Gasteiger charge is -2.36. The highest BCUT2D eigenvalue weighted by Gasteiger charge is 2.20. The Morgan fingerprint density at radius 2 is 1.61 bits per heavy atom. The van der Waals surface area contributed by atoms with Gasteiger partial charge < -0.3 is 19.3 Å². The average molecular weight is 377 g/mol. The van der Waals surface area contributed by atoms with Gasteiger partial charge in [0.1, 0.15) is 5.82 Å². The SMILES string of the molecule is COc1ccc(N2CCN(c3cncc(-c4cccnc4)n3)CC2)cc1OC. The van der Waals surface area contributed by atoms with Crippen LogP contribution in [0.5, 0.6) is 11.5 Å². The van der Waals surface area contributed by atoms with Gasteiger partial charge in [-0.25, -0.2) is 4.98 Å². The first-order chi connectivity index (χ1) is 13.8. The molecule has 0 atom stereocenters. The van der Waals surface area contributed by atoms with Gasteiger partial charge in [-0.3, -0.25) is 9.97 Å². The third-order valence-corrected chi connectivity index (χ3v) is 4.92. The molecule has 0 amide bonds. The molecule has 0 bridgehead atoms. The molecule has 0 N–H and O–H groups in total. The molecule has 0 unspecified atom stereocenters. The van der Waals surface area contributed by atoms with E-state index in [-0.39, 0.29) is 0 Å². The Bertz CT molecular complexity index is 927. The van der Waals surface area contributed by atoms with E-state index in [9.17, 15) is 0 Å². The molecule has 1 aromatic carbocycles. The summed E-state index contributed by atoms with van der Waals surface area (Å²) in [5.41, 5.74) is 2.95. The summed E-state index contributed by atoms with van der Waals surface area (Å²) in [5, 5.41) is 0. The van der Waals surface area contributed by atoms with Crippen LogP contribution in [-0.2, 0) is 0 Å². The maximum atomic E-state index is 5.43. The van der Waals surface area contributed by atoms with Crippen molar-refractivity contribution >= 4 is 11.5 Å². The Morgan fingerprint density at radius 3 is 2.32 bits per heavy atom. The maximum Gasteiger partial charge on any atom is 0.162 e. The summed E-state index contributed by atoms with van der Waals surface area (Å²) in [5.74, 6) is 2.39. The molecular weight excluding hydrogens is 354 g/mol. The quantitative estimate of drug-likeness (QED) is 0.677. The van der Waals surface area contributed by atoms with Crippen LogP contribution >= 0.6 is 0 Å². The summed E-state index contributed by atoms with van der Waals surface area (Å²) in [4.78, 5) is 17.9. The standard InChI is InChI=1S/C21H23N5O2/c1-27-19-6-5-17(12-20(19)28-2)25-8-10-26(11-9-25)21-15-23-14-18(24-21)16-4-3-7-22-13-16/h3-7,12-15H,8-11H2,1-2H3. The number of pyridine rings is 1. The van der Waals surface area contributed by atoms with Crippen LogP contribution in [0.25, 0.3) is 11.3 Å². The lowest BCUT2D eigenvalue weighted by atomic mass is 10.2. The fourth-order valence-electron chi connectivity index (χ4n) is 3.38. The Kier molecular flexibility index (Phi) is 5.23. The molecule has 1 fully saturated rings. The van der Waals surface area contributed by atoms with E-state index in [1.807, 2.05) is 36.7 Å². The van der Waals surface area contributed by atoms with Crippen molar-refractivity contribution in [2.75, 3.05) is 50.2 Å². The maximum absolute atomic E-state index is 5.43. The molecule has 28 heavy (non-hydrogen) atoms. The highest BCUT2D eigenvalue weighted by molar-refractivity contribution is 5.60. The summed E-state index contributed by atoms with van der Waals surface area (Å²) in [6.07, 6.45) is 7.17. The van der Waals surface area contributed by atoms with Gasteiger partial charge in [-0.05, 0) is 24.3 Å². The van der Waals surface area contributed by atoms with E-state index < -0.39 is 0 Å². The van der Waals surface area contributed by atoms with Crippen molar-refractivity contribution in [3.8, 4) is 22.8 Å². The Morgan fingerprint density at radius 1 is 0.821 bits per heavy atom. The lowest BCUT2D eigenvalue weighted by molar-refractivity contribution is 0.355. The molecule has 0 radical (unpaired) electrons. The van der Waals surface area contributed by atoms with Crippen LogP contribution in [0.1, 0.15) is 0 Å². The fourth-order valence-corrected chi connectivity index (χ4v) is 3.38. The molecule has 7 nitrogen and oxygen atoms in total. The van der Waals surface area contributed by atoms with Crippen molar-refractivity contribution in [1.82, 2.24) is 15.0 Å². The van der Waals surface area contributed by atoms with E-state index in [1.54, 1.807) is 26.6 Å². The number of hydrogen-bond donors (Lipinski definition) is 0. The molecule has 4 rings (SSSR count). The summed E-state index contributed by atoms with van der Waals surface area (Å²) in [7, 11) is 3.31. The predicted molar refractivity (Wildman–Crippen MR) is 109 cm³/mol. The third-order valence-electron chi connectivity index (χ3n) is 4.92. The van der Waals surface area contributed by atoms with E-state index in [0.717, 1.165) is 60.4 Å². The molecule has 3 aromatic rings. The van der Waals surface area contributed by atoms with Crippen LogP contribution in [0.2, 0.25) is 0 Å². The highest BCUT2D eigenvalue weighted by Crippen LogP contribution is 2.32. The monoisotopic (exact) mass is 377 g/mol. The van der Waals surface area contributed by atoms with Gasteiger partial charge in [0, 0.05) is 55.9 Å². The first-order valence-corrected chi connectivity index (χ1v) is 9.23. The van der Waals surface area contributed by atoms with E-state index >= 15 is 0 Å². The van der Waals surface area contributed by atoms with E-state index in [0.29, 0.717) is 0 Å². The number of benzene rings is 1. The summed E-state index contributed by atoms with van der Waals surface area (Å²) >= 11 is 0. The van der Waals surface area contributed by atoms with E-state index in [1.165, 1.54) is 0 Å². The molecular formula is C21H23N5O2. The zero-order chi connectivity index (χ0) is 19.3. The first-order valence-electron chi connectivity index (χ1n) is 9.23. The van der Waals surface area contributed by atoms with E-state index in [2.05, 4.69) is 25.8 Å².